The SMILES string of the molecule is O=C(NCc1nnc2ccccn12)c1cnc(Cl)cn1. The van der Waals surface area contributed by atoms with Crippen LogP contribution >= 0.6 is 11.6 Å². The summed E-state index contributed by atoms with van der Waals surface area (Å²) in [6.45, 7) is 0.244. The summed E-state index contributed by atoms with van der Waals surface area (Å²) in [7, 11) is 0. The largest absolute Gasteiger partial charge is 0.343 e. The third-order valence-electron chi connectivity index (χ3n) is 2.64. The molecule has 20 heavy (non-hydrogen) atoms. The Balaban J connectivity index is 1.73. The number of pyridine rings is 1. The number of hydrogen-bond donors (Lipinski definition) is 1. The van der Waals surface area contributed by atoms with Gasteiger partial charge in [0.15, 0.2) is 11.5 Å². The van der Waals surface area contributed by atoms with Gasteiger partial charge in [0, 0.05) is 6.20 Å². The number of hydrogen-bond acceptors (Lipinski definition) is 5. The maximum atomic E-state index is 11.9. The van der Waals surface area contributed by atoms with Gasteiger partial charge in [0.25, 0.3) is 5.91 Å². The van der Waals surface area contributed by atoms with Gasteiger partial charge in [-0.25, -0.2) is 9.97 Å². The van der Waals surface area contributed by atoms with E-state index in [9.17, 15) is 4.79 Å². The van der Waals surface area contributed by atoms with Crippen molar-refractivity contribution in [1.29, 1.82) is 0 Å². The highest BCUT2D eigenvalue weighted by atomic mass is 35.5. The maximum Gasteiger partial charge on any atom is 0.271 e. The smallest absolute Gasteiger partial charge is 0.271 e. The molecule has 0 saturated carbocycles. The molecule has 8 heteroatoms. The van der Waals surface area contributed by atoms with E-state index in [1.165, 1.54) is 12.4 Å². The summed E-state index contributed by atoms with van der Waals surface area (Å²) in [5, 5.41) is 11.0. The zero-order valence-corrected chi connectivity index (χ0v) is 10.9. The predicted molar refractivity (Wildman–Crippen MR) is 71.2 cm³/mol. The Morgan fingerprint density at radius 3 is 2.95 bits per heavy atom. The highest BCUT2D eigenvalue weighted by molar-refractivity contribution is 6.29. The van der Waals surface area contributed by atoms with E-state index in [-0.39, 0.29) is 23.3 Å². The first-order chi connectivity index (χ1) is 9.74. The Kier molecular flexibility index (Phi) is 3.26. The molecule has 0 unspecified atom stereocenters. The van der Waals surface area contributed by atoms with Crippen LogP contribution in [0.4, 0.5) is 0 Å². The number of rotatable bonds is 3. The lowest BCUT2D eigenvalue weighted by molar-refractivity contribution is 0.0944. The molecule has 0 bridgehead atoms. The predicted octanol–water partition coefficient (Wildman–Crippen LogP) is 1.10. The lowest BCUT2D eigenvalue weighted by atomic mass is 10.4. The Morgan fingerprint density at radius 1 is 1.25 bits per heavy atom. The number of carbonyl (C=O) groups excluding carboxylic acids is 1. The van der Waals surface area contributed by atoms with Gasteiger partial charge in [0.2, 0.25) is 0 Å². The molecule has 1 N–H and O–H groups in total. The van der Waals surface area contributed by atoms with E-state index in [4.69, 9.17) is 11.6 Å². The Morgan fingerprint density at radius 2 is 2.15 bits per heavy atom. The van der Waals surface area contributed by atoms with Crippen molar-refractivity contribution in [3.05, 3.63) is 53.5 Å². The summed E-state index contributed by atoms with van der Waals surface area (Å²) < 4.78 is 1.80. The van der Waals surface area contributed by atoms with Crippen LogP contribution in [0, 0.1) is 0 Å². The second-order valence-corrected chi connectivity index (χ2v) is 4.34. The van der Waals surface area contributed by atoms with Gasteiger partial charge in [0.05, 0.1) is 18.9 Å². The summed E-state index contributed by atoms with van der Waals surface area (Å²) in [6.07, 6.45) is 4.47. The molecule has 0 atom stereocenters. The summed E-state index contributed by atoms with van der Waals surface area (Å²) in [5.41, 5.74) is 0.922. The number of halogens is 1. The van der Waals surface area contributed by atoms with E-state index >= 15 is 0 Å². The topological polar surface area (TPSA) is 85.1 Å². The molecule has 0 aromatic carbocycles. The minimum Gasteiger partial charge on any atom is -0.343 e. The average Bonchev–Trinajstić information content (AvgIpc) is 2.89. The number of aromatic nitrogens is 5. The Hall–Kier alpha value is -2.54. The quantitative estimate of drug-likeness (QED) is 0.780. The Labute approximate surface area is 118 Å². The van der Waals surface area contributed by atoms with Gasteiger partial charge in [-0.1, -0.05) is 17.7 Å². The highest BCUT2D eigenvalue weighted by Crippen LogP contribution is 2.04. The van der Waals surface area contributed by atoms with Gasteiger partial charge in [-0.05, 0) is 12.1 Å². The van der Waals surface area contributed by atoms with E-state index in [1.807, 2.05) is 24.4 Å². The number of nitrogens with one attached hydrogen (secondary N) is 1. The lowest BCUT2D eigenvalue weighted by Gasteiger charge is -2.03. The summed E-state index contributed by atoms with van der Waals surface area (Å²) in [6, 6.07) is 5.57. The zero-order chi connectivity index (χ0) is 13.9. The first-order valence-electron chi connectivity index (χ1n) is 5.78. The van der Waals surface area contributed by atoms with E-state index < -0.39 is 0 Å². The van der Waals surface area contributed by atoms with E-state index in [2.05, 4.69) is 25.5 Å². The third kappa shape index (κ3) is 2.43. The van der Waals surface area contributed by atoms with Crippen molar-refractivity contribution in [2.45, 2.75) is 6.54 Å². The second-order valence-electron chi connectivity index (χ2n) is 3.95. The molecule has 3 rings (SSSR count). The van der Waals surface area contributed by atoms with Gasteiger partial charge in [-0.15, -0.1) is 10.2 Å². The summed E-state index contributed by atoms with van der Waals surface area (Å²) in [4.78, 5) is 19.6. The molecule has 0 saturated heterocycles. The van der Waals surface area contributed by atoms with Crippen LogP contribution in [0.15, 0.2) is 36.8 Å². The van der Waals surface area contributed by atoms with Crippen molar-refractivity contribution < 1.29 is 4.79 Å². The van der Waals surface area contributed by atoms with Crippen LogP contribution in [0.2, 0.25) is 5.15 Å². The number of nitrogens with zero attached hydrogens (tertiary/aromatic N) is 5. The molecule has 1 amide bonds. The van der Waals surface area contributed by atoms with Crippen molar-refractivity contribution in [3.63, 3.8) is 0 Å². The van der Waals surface area contributed by atoms with Crippen LogP contribution < -0.4 is 5.32 Å². The molecule has 0 fully saturated rings. The normalized spacial score (nSPS) is 10.7. The van der Waals surface area contributed by atoms with Crippen molar-refractivity contribution in [3.8, 4) is 0 Å². The molecule has 0 aliphatic carbocycles. The van der Waals surface area contributed by atoms with Crippen molar-refractivity contribution in [2.24, 2.45) is 0 Å². The lowest BCUT2D eigenvalue weighted by Crippen LogP contribution is -2.25. The van der Waals surface area contributed by atoms with Crippen molar-refractivity contribution >= 4 is 23.2 Å². The molecule has 3 heterocycles. The van der Waals surface area contributed by atoms with Gasteiger partial charge < -0.3 is 5.32 Å². The highest BCUT2D eigenvalue weighted by Gasteiger charge is 2.10. The van der Waals surface area contributed by atoms with Crippen LogP contribution in [0.25, 0.3) is 5.65 Å². The second kappa shape index (κ2) is 5.22. The molecule has 100 valence electrons. The number of fused-ring (bicyclic) bond motifs is 1. The van der Waals surface area contributed by atoms with Gasteiger partial charge in [0.1, 0.15) is 10.8 Å². The Bertz CT molecular complexity index is 754. The summed E-state index contributed by atoms with van der Waals surface area (Å²) in [5.74, 6) is 0.290. The van der Waals surface area contributed by atoms with Crippen LogP contribution in [0.5, 0.6) is 0 Å². The van der Waals surface area contributed by atoms with Gasteiger partial charge in [-0.2, -0.15) is 0 Å². The maximum absolute atomic E-state index is 11.9. The average molecular weight is 289 g/mol. The molecular weight excluding hydrogens is 280 g/mol. The van der Waals surface area contributed by atoms with Crippen molar-refractivity contribution in [1.82, 2.24) is 29.9 Å². The van der Waals surface area contributed by atoms with Gasteiger partial charge in [-0.3, -0.25) is 9.20 Å². The van der Waals surface area contributed by atoms with Crippen LogP contribution in [0.1, 0.15) is 16.3 Å². The minimum atomic E-state index is -0.346. The van der Waals surface area contributed by atoms with Crippen LogP contribution in [-0.4, -0.2) is 30.5 Å². The standard InChI is InChI=1S/C12H9ClN6O/c13-9-6-14-8(5-15-9)12(20)16-7-11-18-17-10-3-1-2-4-19(10)11/h1-6H,7H2,(H,16,20). The molecule has 0 radical (unpaired) electrons. The third-order valence-corrected chi connectivity index (χ3v) is 2.84. The monoisotopic (exact) mass is 288 g/mol. The van der Waals surface area contributed by atoms with Gasteiger partial charge >= 0.3 is 0 Å². The molecule has 0 aliphatic rings. The molecule has 3 aromatic heterocycles. The van der Waals surface area contributed by atoms with E-state index in [1.54, 1.807) is 4.40 Å². The minimum absolute atomic E-state index is 0.197. The molecular formula is C12H9ClN6O. The molecule has 7 nitrogen and oxygen atoms in total. The fourth-order valence-corrected chi connectivity index (χ4v) is 1.79. The zero-order valence-electron chi connectivity index (χ0n) is 10.2. The van der Waals surface area contributed by atoms with Crippen LogP contribution in [-0.2, 0) is 6.54 Å². The van der Waals surface area contributed by atoms with E-state index in [0.717, 1.165) is 5.65 Å². The molecule has 3 aromatic rings. The van der Waals surface area contributed by atoms with Crippen LogP contribution in [0.3, 0.4) is 0 Å². The van der Waals surface area contributed by atoms with E-state index in [0.29, 0.717) is 5.82 Å². The molecule has 0 spiro atoms. The summed E-state index contributed by atoms with van der Waals surface area (Å²) >= 11 is 5.61. The molecule has 0 aliphatic heterocycles. The fourth-order valence-electron chi connectivity index (χ4n) is 1.69. The first kappa shape index (κ1) is 12.5. The van der Waals surface area contributed by atoms with Crippen molar-refractivity contribution in [2.75, 3.05) is 0 Å². The first-order valence-corrected chi connectivity index (χ1v) is 6.16. The number of carbonyl (C=O) groups is 1. The number of amides is 1. The fraction of sp³-hybridized carbons (Fsp3) is 0.0833.